The number of fused-ring (bicyclic) bond motifs is 3. The van der Waals surface area contributed by atoms with Crippen molar-refractivity contribution in [3.63, 3.8) is 0 Å². The quantitative estimate of drug-likeness (QED) is 0.165. The van der Waals surface area contributed by atoms with Gasteiger partial charge in [0.1, 0.15) is 0 Å². The molecule has 55 heavy (non-hydrogen) atoms. The molecule has 0 spiro atoms. The van der Waals surface area contributed by atoms with Crippen molar-refractivity contribution in [2.45, 2.75) is 0 Å². The highest BCUT2D eigenvalue weighted by Crippen LogP contribution is 2.42. The predicted octanol–water partition coefficient (Wildman–Crippen LogP) is 13.0. The molecule has 4 nitrogen and oxygen atoms in total. The summed E-state index contributed by atoms with van der Waals surface area (Å²) in [6, 6.07) is 34.2. The Bertz CT molecular complexity index is 3610. The van der Waals surface area contributed by atoms with Crippen LogP contribution < -0.4 is 0 Å². The Labute approximate surface area is 336 Å². The van der Waals surface area contributed by atoms with Gasteiger partial charge in [-0.15, -0.1) is 0 Å². The highest BCUT2D eigenvalue weighted by molar-refractivity contribution is 6.11. The van der Waals surface area contributed by atoms with Crippen molar-refractivity contribution in [2.75, 3.05) is 0 Å². The Hall–Kier alpha value is -7.43. The molecule has 10 rings (SSSR count). The summed E-state index contributed by atoms with van der Waals surface area (Å²) in [7, 11) is 0. The fraction of sp³-hybridized carbons (Fsp3) is 0. The van der Waals surface area contributed by atoms with Crippen LogP contribution in [0.4, 0.5) is 0 Å². The minimum Gasteiger partial charge on any atom is -0.308 e. The van der Waals surface area contributed by atoms with Gasteiger partial charge in [0, 0.05) is 33.0 Å². The molecule has 258 valence electrons. The summed E-state index contributed by atoms with van der Waals surface area (Å²) < 4.78 is 110. The van der Waals surface area contributed by atoms with Crippen LogP contribution in [-0.2, 0) is 0 Å². The topological polar surface area (TPSA) is 43.6 Å². The number of hydrogen-bond donors (Lipinski definition) is 0. The zero-order valence-electron chi connectivity index (χ0n) is 41.0. The standard InChI is InChI=1S/C51H34N4/c1-5-16-35(17-6-1)37-28-30-40(31-29-37)50-52-49(39-22-11-4-12-23-39)53-51(54-50)44-26-15-25-42(38-20-9-3-10-21-38)48(44)55-46-27-14-13-24-43(46)45-34-41(32-33-47(45)55)36-18-7-2-8-19-36/h1-34H/i2D,7D,8D,13D,14D,18D,19D,24D,27D,32D,33D,34D. The lowest BCUT2D eigenvalue weighted by molar-refractivity contribution is 1.06. The maximum atomic E-state index is 9.77. The maximum Gasteiger partial charge on any atom is 0.166 e. The molecule has 0 bridgehead atoms. The van der Waals surface area contributed by atoms with Gasteiger partial charge in [-0.05, 0) is 52.0 Å². The molecule has 0 aliphatic rings. The SMILES string of the molecule is [2H]c1c([2H])c([2H])c(-c2c([2H])c([2H])c3c(c2[2H])c2c([2H])c([2H])c([2H])c([2H])c2n3-c2c(-c3ccccc3)cccc2-c2nc(-c3ccccc3)nc(-c3ccc(-c4ccccc4)cc3)n2)c([2H])c1[2H]. The Kier molecular flexibility index (Phi) is 5.52. The summed E-state index contributed by atoms with van der Waals surface area (Å²) in [5.74, 6) is 0.827. The summed E-state index contributed by atoms with van der Waals surface area (Å²) in [6.45, 7) is 0. The van der Waals surface area contributed by atoms with Crippen LogP contribution in [0.3, 0.4) is 0 Å². The van der Waals surface area contributed by atoms with E-state index in [1.165, 1.54) is 4.57 Å². The minimum atomic E-state index is -0.703. The summed E-state index contributed by atoms with van der Waals surface area (Å²) in [6.07, 6.45) is 0. The lowest BCUT2D eigenvalue weighted by Crippen LogP contribution is -2.05. The molecule has 0 saturated carbocycles. The van der Waals surface area contributed by atoms with Gasteiger partial charge >= 0.3 is 0 Å². The first-order valence-corrected chi connectivity index (χ1v) is 17.6. The molecule has 0 atom stereocenters. The highest BCUT2D eigenvalue weighted by Gasteiger charge is 2.23. The first-order valence-electron chi connectivity index (χ1n) is 23.6. The molecule has 4 heteroatoms. The molecule has 0 saturated heterocycles. The van der Waals surface area contributed by atoms with Crippen LogP contribution in [0.5, 0.6) is 0 Å². The van der Waals surface area contributed by atoms with Crippen LogP contribution in [0.1, 0.15) is 16.4 Å². The van der Waals surface area contributed by atoms with E-state index in [1.54, 1.807) is 12.1 Å². The van der Waals surface area contributed by atoms with Crippen LogP contribution in [0.25, 0.3) is 95.0 Å². The number of hydrogen-bond acceptors (Lipinski definition) is 3. The van der Waals surface area contributed by atoms with Gasteiger partial charge in [-0.1, -0.05) is 182 Å². The van der Waals surface area contributed by atoms with Crippen molar-refractivity contribution in [2.24, 2.45) is 0 Å². The van der Waals surface area contributed by atoms with Crippen molar-refractivity contribution in [1.29, 1.82) is 0 Å². The van der Waals surface area contributed by atoms with Crippen LogP contribution in [0, 0.1) is 0 Å². The van der Waals surface area contributed by atoms with Crippen molar-refractivity contribution >= 4 is 21.8 Å². The Morgan fingerprint density at radius 1 is 0.345 bits per heavy atom. The molecule has 0 N–H and O–H groups in total. The summed E-state index contributed by atoms with van der Waals surface area (Å²) >= 11 is 0. The van der Waals surface area contributed by atoms with Gasteiger partial charge in [-0.2, -0.15) is 0 Å². The Morgan fingerprint density at radius 3 is 1.58 bits per heavy atom. The second-order valence-corrected chi connectivity index (χ2v) is 12.7. The smallest absolute Gasteiger partial charge is 0.166 e. The fourth-order valence-corrected chi connectivity index (χ4v) is 6.84. The molecule has 0 aliphatic heterocycles. The first-order chi connectivity index (χ1) is 32.3. The second-order valence-electron chi connectivity index (χ2n) is 12.7. The van der Waals surface area contributed by atoms with Gasteiger partial charge in [-0.25, -0.2) is 15.0 Å². The molecule has 2 heterocycles. The molecule has 0 unspecified atom stereocenters. The van der Waals surface area contributed by atoms with E-state index >= 15 is 0 Å². The van der Waals surface area contributed by atoms with Crippen LogP contribution in [0.2, 0.25) is 0 Å². The van der Waals surface area contributed by atoms with E-state index in [-0.39, 0.29) is 33.3 Å². The molecule has 2 aromatic heterocycles. The average Bonchev–Trinajstić information content (AvgIpc) is 3.73. The molecule has 8 aromatic carbocycles. The maximum absolute atomic E-state index is 9.77. The van der Waals surface area contributed by atoms with E-state index < -0.39 is 83.6 Å². The average molecular weight is 715 g/mol. The highest BCUT2D eigenvalue weighted by atomic mass is 15.1. The number of aromatic nitrogens is 4. The van der Waals surface area contributed by atoms with Crippen LogP contribution in [-0.4, -0.2) is 19.5 Å². The van der Waals surface area contributed by atoms with E-state index in [0.717, 1.165) is 11.1 Å². The van der Waals surface area contributed by atoms with Gasteiger partial charge in [0.2, 0.25) is 0 Å². The van der Waals surface area contributed by atoms with Gasteiger partial charge in [0.25, 0.3) is 0 Å². The lowest BCUT2D eigenvalue weighted by Gasteiger charge is -2.19. The summed E-state index contributed by atoms with van der Waals surface area (Å²) in [5.41, 5.74) is 3.98. The lowest BCUT2D eigenvalue weighted by atomic mass is 9.98. The second kappa shape index (κ2) is 13.8. The van der Waals surface area contributed by atoms with E-state index in [1.807, 2.05) is 121 Å². The first kappa shape index (κ1) is 21.9. The van der Waals surface area contributed by atoms with Gasteiger partial charge < -0.3 is 4.57 Å². The number of para-hydroxylation sites is 2. The monoisotopic (exact) mass is 714 g/mol. The molecular formula is C51H34N4. The Balaban J connectivity index is 1.35. The van der Waals surface area contributed by atoms with Crippen molar-refractivity contribution in [3.8, 4) is 73.2 Å². The van der Waals surface area contributed by atoms with Gasteiger partial charge in [0.05, 0.1) is 33.2 Å². The van der Waals surface area contributed by atoms with Crippen molar-refractivity contribution in [3.05, 3.63) is 206 Å². The molecular weight excluding hydrogens is 669 g/mol. The third kappa shape index (κ3) is 5.96. The van der Waals surface area contributed by atoms with E-state index in [4.69, 9.17) is 24.5 Å². The largest absolute Gasteiger partial charge is 0.308 e. The van der Waals surface area contributed by atoms with E-state index in [0.29, 0.717) is 39.5 Å². The number of rotatable bonds is 7. The minimum absolute atomic E-state index is 0.126. The Morgan fingerprint density at radius 2 is 0.873 bits per heavy atom. The molecule has 0 fully saturated rings. The molecule has 10 aromatic rings. The number of benzene rings is 8. The van der Waals surface area contributed by atoms with E-state index in [2.05, 4.69) is 0 Å². The van der Waals surface area contributed by atoms with Crippen molar-refractivity contribution in [1.82, 2.24) is 19.5 Å². The number of nitrogens with zero attached hydrogens (tertiary/aromatic N) is 4. The molecule has 0 amide bonds. The molecule has 0 aliphatic carbocycles. The van der Waals surface area contributed by atoms with E-state index in [9.17, 15) is 6.85 Å². The zero-order valence-corrected chi connectivity index (χ0v) is 29.0. The van der Waals surface area contributed by atoms with Crippen LogP contribution >= 0.6 is 0 Å². The van der Waals surface area contributed by atoms with Gasteiger partial charge in [0.15, 0.2) is 17.5 Å². The summed E-state index contributed by atoms with van der Waals surface area (Å²) in [4.78, 5) is 15.1. The third-order valence-corrected chi connectivity index (χ3v) is 9.41. The zero-order chi connectivity index (χ0) is 47.0. The van der Waals surface area contributed by atoms with Crippen LogP contribution in [0.15, 0.2) is 206 Å². The predicted molar refractivity (Wildman–Crippen MR) is 227 cm³/mol. The molecule has 0 radical (unpaired) electrons. The normalized spacial score (nSPS) is 14.3. The van der Waals surface area contributed by atoms with Gasteiger partial charge in [-0.3, -0.25) is 0 Å². The fourth-order valence-electron chi connectivity index (χ4n) is 6.84. The summed E-state index contributed by atoms with van der Waals surface area (Å²) in [5, 5.41) is -0.347. The van der Waals surface area contributed by atoms with Crippen molar-refractivity contribution < 1.29 is 16.4 Å². The third-order valence-electron chi connectivity index (χ3n) is 9.41.